The first-order valence-corrected chi connectivity index (χ1v) is 6.63. The van der Waals surface area contributed by atoms with E-state index in [1.54, 1.807) is 13.0 Å². The Labute approximate surface area is 134 Å². The van der Waals surface area contributed by atoms with Gasteiger partial charge in [-0.05, 0) is 19.1 Å². The molecular formula is C13H12F3N5O3. The fraction of sp³-hybridized carbons (Fsp3) is 0.308. The number of hydrogen-bond acceptors (Lipinski definition) is 7. The van der Waals surface area contributed by atoms with E-state index in [1.807, 2.05) is 0 Å². The molecule has 0 radical (unpaired) electrons. The summed E-state index contributed by atoms with van der Waals surface area (Å²) in [7, 11) is 0. The van der Waals surface area contributed by atoms with E-state index < -0.39 is 24.4 Å². The van der Waals surface area contributed by atoms with E-state index in [9.17, 15) is 18.0 Å². The van der Waals surface area contributed by atoms with E-state index in [4.69, 9.17) is 4.74 Å². The predicted molar refractivity (Wildman–Crippen MR) is 72.5 cm³/mol. The molecular weight excluding hydrogens is 331 g/mol. The minimum atomic E-state index is -4.84. The lowest BCUT2D eigenvalue weighted by Gasteiger charge is -2.12. The molecule has 0 aliphatic heterocycles. The van der Waals surface area contributed by atoms with Crippen molar-refractivity contribution in [2.24, 2.45) is 0 Å². The van der Waals surface area contributed by atoms with E-state index >= 15 is 0 Å². The Morgan fingerprint density at radius 2 is 1.96 bits per heavy atom. The zero-order valence-electron chi connectivity index (χ0n) is 12.3. The lowest BCUT2D eigenvalue weighted by molar-refractivity contribution is -0.276. The number of carbonyl (C=O) groups excluding carboxylic acids is 1. The number of aromatic nitrogens is 4. The third-order valence-corrected chi connectivity index (χ3v) is 2.56. The lowest BCUT2D eigenvalue weighted by Crippen LogP contribution is -2.26. The minimum absolute atomic E-state index is 0.0828. The normalized spacial score (nSPS) is 12.3. The Morgan fingerprint density at radius 1 is 1.25 bits per heavy atom. The van der Waals surface area contributed by atoms with Crippen LogP contribution in [0.1, 0.15) is 24.5 Å². The molecule has 1 amide bonds. The van der Waals surface area contributed by atoms with Crippen molar-refractivity contribution >= 4 is 6.09 Å². The van der Waals surface area contributed by atoms with Crippen molar-refractivity contribution in [2.45, 2.75) is 25.9 Å². The van der Waals surface area contributed by atoms with Gasteiger partial charge in [0.25, 0.3) is 0 Å². The first-order valence-electron chi connectivity index (χ1n) is 6.63. The molecule has 11 heteroatoms. The van der Waals surface area contributed by atoms with E-state index in [-0.39, 0.29) is 12.2 Å². The van der Waals surface area contributed by atoms with Gasteiger partial charge in [0.15, 0.2) is 11.9 Å². The number of rotatable bonds is 5. The van der Waals surface area contributed by atoms with Gasteiger partial charge in [-0.2, -0.15) is 5.10 Å². The summed E-state index contributed by atoms with van der Waals surface area (Å²) in [6, 6.07) is 3.85. The molecule has 0 saturated heterocycles. The van der Waals surface area contributed by atoms with E-state index in [0.717, 1.165) is 6.07 Å². The second kappa shape index (κ2) is 7.53. The van der Waals surface area contributed by atoms with E-state index in [1.165, 1.54) is 18.5 Å². The molecule has 0 aliphatic carbocycles. The summed E-state index contributed by atoms with van der Waals surface area (Å²) in [4.78, 5) is 19.5. The van der Waals surface area contributed by atoms with Crippen LogP contribution in [0.25, 0.3) is 0 Å². The highest BCUT2D eigenvalue weighted by molar-refractivity contribution is 5.67. The second-order valence-corrected chi connectivity index (χ2v) is 4.42. The molecule has 2 rings (SSSR count). The van der Waals surface area contributed by atoms with Gasteiger partial charge in [-0.3, -0.25) is 0 Å². The smallest absolute Gasteiger partial charge is 0.438 e. The minimum Gasteiger partial charge on any atom is -0.438 e. The maximum absolute atomic E-state index is 12.0. The third kappa shape index (κ3) is 5.66. The molecule has 2 aromatic heterocycles. The summed E-state index contributed by atoms with van der Waals surface area (Å²) in [5.41, 5.74) is 0.227. The van der Waals surface area contributed by atoms with Crippen LogP contribution >= 0.6 is 0 Å². The Balaban J connectivity index is 1.81. The zero-order valence-corrected chi connectivity index (χ0v) is 12.3. The maximum Gasteiger partial charge on any atom is 0.574 e. The van der Waals surface area contributed by atoms with E-state index in [0.29, 0.717) is 5.82 Å². The van der Waals surface area contributed by atoms with Gasteiger partial charge in [0.2, 0.25) is 5.88 Å². The van der Waals surface area contributed by atoms with Crippen LogP contribution < -0.4 is 10.1 Å². The quantitative estimate of drug-likeness (QED) is 0.888. The highest BCUT2D eigenvalue weighted by atomic mass is 19.4. The van der Waals surface area contributed by atoms with Crippen LogP contribution in [-0.4, -0.2) is 32.6 Å². The summed E-state index contributed by atoms with van der Waals surface area (Å²) < 4.78 is 44.6. The van der Waals surface area contributed by atoms with Crippen LogP contribution in [0.5, 0.6) is 5.88 Å². The van der Waals surface area contributed by atoms with Crippen molar-refractivity contribution in [2.75, 3.05) is 0 Å². The number of hydrogen-bond donors (Lipinski definition) is 1. The lowest BCUT2D eigenvalue weighted by atomic mass is 10.4. The zero-order chi connectivity index (χ0) is 17.6. The average molecular weight is 343 g/mol. The number of ether oxygens (including phenoxy) is 2. The second-order valence-electron chi connectivity index (χ2n) is 4.42. The standard InChI is InChI=1S/C13H12F3N5O3/c1-8(11-17-5-2-6-18-11)23-12(22)19-7-9-3-4-10(21-20-9)24-13(14,15)16/h2-6,8H,7H2,1H3,(H,19,22). The van der Waals surface area contributed by atoms with Gasteiger partial charge in [0.05, 0.1) is 12.2 Å². The van der Waals surface area contributed by atoms with Crippen molar-refractivity contribution in [1.29, 1.82) is 0 Å². The third-order valence-electron chi connectivity index (χ3n) is 2.56. The number of alkyl carbamates (subject to hydrolysis) is 1. The number of nitrogens with zero attached hydrogens (tertiary/aromatic N) is 4. The average Bonchev–Trinajstić information content (AvgIpc) is 2.53. The molecule has 1 atom stereocenters. The van der Waals surface area contributed by atoms with E-state index in [2.05, 4.69) is 30.2 Å². The highest BCUT2D eigenvalue weighted by Crippen LogP contribution is 2.19. The molecule has 0 aliphatic rings. The Kier molecular flexibility index (Phi) is 5.45. The molecule has 1 unspecified atom stereocenters. The first kappa shape index (κ1) is 17.4. The molecule has 2 heterocycles. The predicted octanol–water partition coefficient (Wildman–Crippen LogP) is 2.15. The summed E-state index contributed by atoms with van der Waals surface area (Å²) in [5, 5.41) is 9.13. The molecule has 0 saturated carbocycles. The monoisotopic (exact) mass is 343 g/mol. The molecule has 0 bridgehead atoms. The number of alkyl halides is 3. The summed E-state index contributed by atoms with van der Waals surface area (Å²) in [6.07, 6.45) is -3.23. The number of nitrogens with one attached hydrogen (secondary N) is 1. The van der Waals surface area contributed by atoms with Crippen LogP contribution in [0.3, 0.4) is 0 Å². The Bertz CT molecular complexity index is 667. The van der Waals surface area contributed by atoms with Gasteiger partial charge in [-0.1, -0.05) is 0 Å². The van der Waals surface area contributed by atoms with Gasteiger partial charge < -0.3 is 14.8 Å². The molecule has 24 heavy (non-hydrogen) atoms. The topological polar surface area (TPSA) is 99.1 Å². The van der Waals surface area contributed by atoms with Crippen LogP contribution in [0.15, 0.2) is 30.6 Å². The highest BCUT2D eigenvalue weighted by Gasteiger charge is 2.31. The van der Waals surface area contributed by atoms with Crippen LogP contribution in [0, 0.1) is 0 Å². The molecule has 0 fully saturated rings. The van der Waals surface area contributed by atoms with Gasteiger partial charge in [0.1, 0.15) is 0 Å². The largest absolute Gasteiger partial charge is 0.574 e. The summed E-state index contributed by atoms with van der Waals surface area (Å²) >= 11 is 0. The van der Waals surface area contributed by atoms with Crippen molar-refractivity contribution < 1.29 is 27.4 Å². The fourth-order valence-corrected chi connectivity index (χ4v) is 1.55. The van der Waals surface area contributed by atoms with Gasteiger partial charge in [0, 0.05) is 18.5 Å². The SMILES string of the molecule is CC(OC(=O)NCc1ccc(OC(F)(F)F)nn1)c1ncccn1. The Hall–Kier alpha value is -2.98. The van der Waals surface area contributed by atoms with Crippen LogP contribution in [0.2, 0.25) is 0 Å². The fourth-order valence-electron chi connectivity index (χ4n) is 1.55. The summed E-state index contributed by atoms with van der Waals surface area (Å²) in [6.45, 7) is 1.51. The van der Waals surface area contributed by atoms with Crippen molar-refractivity contribution in [3.63, 3.8) is 0 Å². The summed E-state index contributed by atoms with van der Waals surface area (Å²) in [5.74, 6) is -0.357. The molecule has 0 spiro atoms. The van der Waals surface area contributed by atoms with Gasteiger partial charge in [-0.15, -0.1) is 18.3 Å². The number of amides is 1. The molecule has 128 valence electrons. The van der Waals surface area contributed by atoms with Gasteiger partial charge in [-0.25, -0.2) is 14.8 Å². The van der Waals surface area contributed by atoms with Crippen LogP contribution in [0.4, 0.5) is 18.0 Å². The maximum atomic E-state index is 12.0. The molecule has 1 N–H and O–H groups in total. The molecule has 0 aromatic carbocycles. The van der Waals surface area contributed by atoms with Crippen molar-refractivity contribution in [3.05, 3.63) is 42.1 Å². The number of halogens is 3. The molecule has 2 aromatic rings. The molecule has 8 nitrogen and oxygen atoms in total. The van der Waals surface area contributed by atoms with Crippen molar-refractivity contribution in [3.8, 4) is 5.88 Å². The first-order chi connectivity index (χ1) is 11.3. The van der Waals surface area contributed by atoms with Crippen LogP contribution in [-0.2, 0) is 11.3 Å². The van der Waals surface area contributed by atoms with Crippen molar-refractivity contribution in [1.82, 2.24) is 25.5 Å². The number of carbonyl (C=O) groups is 1. The Morgan fingerprint density at radius 3 is 2.54 bits per heavy atom. The van der Waals surface area contributed by atoms with Gasteiger partial charge >= 0.3 is 12.5 Å².